The Hall–Kier alpha value is -4.17. The number of carboxylic acids is 1. The van der Waals surface area contributed by atoms with Crippen LogP contribution in [0.4, 0.5) is 4.79 Å². The highest BCUT2D eigenvalue weighted by Gasteiger charge is 2.30. The number of alkyl carbamates (subject to hydrolysis) is 1. The van der Waals surface area contributed by atoms with Crippen LogP contribution < -0.4 is 10.6 Å². The van der Waals surface area contributed by atoms with Crippen LogP contribution in [0.25, 0.3) is 11.1 Å². The maximum Gasteiger partial charge on any atom is 0.407 e. The molecule has 0 aliphatic heterocycles. The lowest BCUT2D eigenvalue weighted by atomic mass is 9.98. The lowest BCUT2D eigenvalue weighted by molar-refractivity contribution is -0.140. The zero-order valence-electron chi connectivity index (χ0n) is 21.3. The van der Waals surface area contributed by atoms with E-state index in [4.69, 9.17) is 9.47 Å². The molecule has 0 spiro atoms. The molecule has 0 aromatic heterocycles. The highest BCUT2D eigenvalue weighted by Crippen LogP contribution is 2.44. The van der Waals surface area contributed by atoms with Crippen LogP contribution in [-0.4, -0.2) is 48.4 Å². The van der Waals surface area contributed by atoms with E-state index in [9.17, 15) is 19.5 Å². The first kappa shape index (κ1) is 26.9. The third-order valence-corrected chi connectivity index (χ3v) is 6.53. The van der Waals surface area contributed by atoms with E-state index < -0.39 is 30.4 Å². The summed E-state index contributed by atoms with van der Waals surface area (Å²) in [5.41, 5.74) is 5.37. The number of fused-ring (bicyclic) bond motifs is 3. The van der Waals surface area contributed by atoms with E-state index in [1.165, 1.54) is 0 Å². The molecule has 38 heavy (non-hydrogen) atoms. The lowest BCUT2D eigenvalue weighted by Gasteiger charge is -2.21. The Morgan fingerprint density at radius 2 is 1.47 bits per heavy atom. The van der Waals surface area contributed by atoms with Crippen molar-refractivity contribution in [2.75, 3.05) is 13.2 Å². The smallest absolute Gasteiger partial charge is 0.407 e. The van der Waals surface area contributed by atoms with Gasteiger partial charge < -0.3 is 25.2 Å². The number of carbonyl (C=O) groups is 3. The molecular weight excluding hydrogens is 484 g/mol. The fourth-order valence-electron chi connectivity index (χ4n) is 4.61. The molecule has 3 aromatic carbocycles. The first-order chi connectivity index (χ1) is 18.4. The Labute approximate surface area is 222 Å². The van der Waals surface area contributed by atoms with Crippen molar-refractivity contribution in [3.63, 3.8) is 0 Å². The number of amides is 2. The minimum absolute atomic E-state index is 0.0659. The van der Waals surface area contributed by atoms with Crippen molar-refractivity contribution in [1.82, 2.24) is 10.6 Å². The predicted octanol–water partition coefficient (Wildman–Crippen LogP) is 4.48. The number of hydrogen-bond acceptors (Lipinski definition) is 5. The van der Waals surface area contributed by atoms with E-state index in [1.807, 2.05) is 78.9 Å². The standard InChI is InChI=1S/C30H32N2O6/c1-20(15-16-37-18-21-9-3-2-4-10-21)31-29(35)27(17-28(33)34)32-30(36)38-19-26-24-13-7-5-11-22(24)23-12-6-8-14-25(23)26/h2-14,20,26-27H,15-19H2,1H3,(H,31,35)(H,32,36)(H,33,34). The molecule has 8 nitrogen and oxygen atoms in total. The Balaban J connectivity index is 1.28. The normalized spacial score (nSPS) is 13.6. The number of carboxylic acid groups (broad SMARTS) is 1. The molecule has 8 heteroatoms. The Kier molecular flexibility index (Phi) is 9.11. The van der Waals surface area contributed by atoms with E-state index in [-0.39, 0.29) is 18.6 Å². The Morgan fingerprint density at radius 1 is 0.868 bits per heavy atom. The minimum atomic E-state index is -1.27. The van der Waals surface area contributed by atoms with Gasteiger partial charge in [-0.1, -0.05) is 78.9 Å². The topological polar surface area (TPSA) is 114 Å². The van der Waals surface area contributed by atoms with Crippen molar-refractivity contribution >= 4 is 18.0 Å². The second-order valence-corrected chi connectivity index (χ2v) is 9.36. The summed E-state index contributed by atoms with van der Waals surface area (Å²) in [6.45, 7) is 2.75. The van der Waals surface area contributed by atoms with Gasteiger partial charge >= 0.3 is 12.1 Å². The molecule has 0 heterocycles. The molecule has 0 fully saturated rings. The zero-order valence-corrected chi connectivity index (χ0v) is 21.3. The first-order valence-electron chi connectivity index (χ1n) is 12.7. The van der Waals surface area contributed by atoms with Gasteiger partial charge in [0, 0.05) is 18.6 Å². The van der Waals surface area contributed by atoms with Crippen molar-refractivity contribution in [1.29, 1.82) is 0 Å². The Bertz CT molecular complexity index is 1220. The summed E-state index contributed by atoms with van der Waals surface area (Å²) in [4.78, 5) is 36.8. The van der Waals surface area contributed by atoms with Gasteiger partial charge in [0.2, 0.25) is 5.91 Å². The average Bonchev–Trinajstić information content (AvgIpc) is 3.23. The summed E-state index contributed by atoms with van der Waals surface area (Å²) >= 11 is 0. The molecule has 2 amide bonds. The van der Waals surface area contributed by atoms with Crippen LogP contribution in [0.5, 0.6) is 0 Å². The van der Waals surface area contributed by atoms with Crippen LogP contribution in [0, 0.1) is 0 Å². The van der Waals surface area contributed by atoms with Crippen LogP contribution in [0.3, 0.4) is 0 Å². The number of benzene rings is 3. The predicted molar refractivity (Wildman–Crippen MR) is 143 cm³/mol. The molecule has 2 unspecified atom stereocenters. The van der Waals surface area contributed by atoms with Crippen LogP contribution in [-0.2, 0) is 25.7 Å². The fraction of sp³-hybridized carbons (Fsp3) is 0.300. The van der Waals surface area contributed by atoms with Crippen molar-refractivity contribution in [3.8, 4) is 11.1 Å². The van der Waals surface area contributed by atoms with Gasteiger partial charge in [-0.15, -0.1) is 0 Å². The van der Waals surface area contributed by atoms with Crippen LogP contribution in [0.1, 0.15) is 42.4 Å². The van der Waals surface area contributed by atoms with Gasteiger partial charge in [0.15, 0.2) is 0 Å². The quantitative estimate of drug-likeness (QED) is 0.306. The summed E-state index contributed by atoms with van der Waals surface area (Å²) in [7, 11) is 0. The van der Waals surface area contributed by atoms with Crippen LogP contribution in [0.2, 0.25) is 0 Å². The number of nitrogens with one attached hydrogen (secondary N) is 2. The second kappa shape index (κ2) is 12.9. The molecule has 0 radical (unpaired) electrons. The summed E-state index contributed by atoms with van der Waals surface area (Å²) in [5, 5.41) is 14.5. The molecule has 1 aliphatic carbocycles. The van der Waals surface area contributed by atoms with Gasteiger partial charge in [-0.3, -0.25) is 9.59 Å². The number of aliphatic carboxylic acids is 1. The number of rotatable bonds is 12. The molecule has 2 atom stereocenters. The molecule has 3 aromatic rings. The molecule has 198 valence electrons. The van der Waals surface area contributed by atoms with Crippen molar-refractivity contribution in [2.45, 2.75) is 44.4 Å². The van der Waals surface area contributed by atoms with E-state index in [0.717, 1.165) is 27.8 Å². The largest absolute Gasteiger partial charge is 0.481 e. The maximum absolute atomic E-state index is 12.8. The van der Waals surface area contributed by atoms with Gasteiger partial charge in [0.25, 0.3) is 0 Å². The van der Waals surface area contributed by atoms with Gasteiger partial charge in [-0.25, -0.2) is 4.79 Å². The fourth-order valence-corrected chi connectivity index (χ4v) is 4.61. The van der Waals surface area contributed by atoms with E-state index >= 15 is 0 Å². The molecular formula is C30H32N2O6. The highest BCUT2D eigenvalue weighted by atomic mass is 16.5. The summed E-state index contributed by atoms with van der Waals surface area (Å²) in [6, 6.07) is 24.1. The molecule has 0 saturated carbocycles. The number of ether oxygens (including phenoxy) is 2. The molecule has 0 saturated heterocycles. The number of hydrogen-bond donors (Lipinski definition) is 3. The second-order valence-electron chi connectivity index (χ2n) is 9.36. The number of carbonyl (C=O) groups excluding carboxylic acids is 2. The SMILES string of the molecule is CC(CCOCc1ccccc1)NC(=O)C(CC(=O)O)NC(=O)OCC1c2ccccc2-c2ccccc21. The molecule has 3 N–H and O–H groups in total. The maximum atomic E-state index is 12.8. The highest BCUT2D eigenvalue weighted by molar-refractivity contribution is 5.89. The van der Waals surface area contributed by atoms with Gasteiger partial charge in [0.1, 0.15) is 12.6 Å². The summed E-state index contributed by atoms with van der Waals surface area (Å²) in [5.74, 6) is -1.93. The zero-order chi connectivity index (χ0) is 26.9. The van der Waals surface area contributed by atoms with E-state index in [1.54, 1.807) is 6.92 Å². The minimum Gasteiger partial charge on any atom is -0.481 e. The molecule has 1 aliphatic rings. The Morgan fingerprint density at radius 3 is 2.11 bits per heavy atom. The summed E-state index contributed by atoms with van der Waals surface area (Å²) in [6.07, 6.45) is -0.872. The first-order valence-corrected chi connectivity index (χ1v) is 12.7. The van der Waals surface area contributed by atoms with Crippen molar-refractivity contribution in [2.24, 2.45) is 0 Å². The van der Waals surface area contributed by atoms with Gasteiger partial charge in [-0.05, 0) is 41.2 Å². The van der Waals surface area contributed by atoms with Crippen LogP contribution >= 0.6 is 0 Å². The monoisotopic (exact) mass is 516 g/mol. The van der Waals surface area contributed by atoms with Crippen molar-refractivity contribution < 1.29 is 29.0 Å². The lowest BCUT2D eigenvalue weighted by Crippen LogP contribution is -2.50. The third kappa shape index (κ3) is 6.98. The third-order valence-electron chi connectivity index (χ3n) is 6.53. The molecule has 0 bridgehead atoms. The summed E-state index contributed by atoms with van der Waals surface area (Å²) < 4.78 is 11.1. The van der Waals surface area contributed by atoms with E-state index in [0.29, 0.717) is 19.6 Å². The van der Waals surface area contributed by atoms with Gasteiger partial charge in [-0.2, -0.15) is 0 Å². The average molecular weight is 517 g/mol. The van der Waals surface area contributed by atoms with E-state index in [2.05, 4.69) is 10.6 Å². The van der Waals surface area contributed by atoms with Crippen LogP contribution in [0.15, 0.2) is 78.9 Å². The molecule has 4 rings (SSSR count). The van der Waals surface area contributed by atoms with Crippen molar-refractivity contribution in [3.05, 3.63) is 95.6 Å². The van der Waals surface area contributed by atoms with Gasteiger partial charge in [0.05, 0.1) is 13.0 Å².